The van der Waals surface area contributed by atoms with Gasteiger partial charge in [0.15, 0.2) is 0 Å². The molecule has 0 heterocycles. The second-order valence-corrected chi connectivity index (χ2v) is 4.43. The molecule has 1 N–H and O–H groups in total. The van der Waals surface area contributed by atoms with Crippen molar-refractivity contribution in [1.29, 1.82) is 0 Å². The third-order valence-electron chi connectivity index (χ3n) is 3.36. The Morgan fingerprint density at radius 3 is 2.71 bits per heavy atom. The van der Waals surface area contributed by atoms with Crippen LogP contribution in [0.25, 0.3) is 0 Å². The summed E-state index contributed by atoms with van der Waals surface area (Å²) in [6, 6.07) is 0.780. The molecule has 1 saturated carbocycles. The van der Waals surface area contributed by atoms with Crippen molar-refractivity contribution in [2.45, 2.75) is 57.9 Å². The molecule has 0 saturated heterocycles. The van der Waals surface area contributed by atoms with Gasteiger partial charge in [-0.3, -0.25) is 0 Å². The van der Waals surface area contributed by atoms with Gasteiger partial charge in [0.25, 0.3) is 0 Å². The Morgan fingerprint density at radius 1 is 1.43 bits per heavy atom. The van der Waals surface area contributed by atoms with Crippen LogP contribution >= 0.6 is 0 Å². The molecule has 1 aliphatic carbocycles. The lowest BCUT2D eigenvalue weighted by atomic mass is 9.93. The van der Waals surface area contributed by atoms with Gasteiger partial charge in [0.05, 0.1) is 0 Å². The summed E-state index contributed by atoms with van der Waals surface area (Å²) in [4.78, 5) is 0. The van der Waals surface area contributed by atoms with Gasteiger partial charge in [-0.15, -0.1) is 6.58 Å². The van der Waals surface area contributed by atoms with Crippen molar-refractivity contribution >= 4 is 0 Å². The topological polar surface area (TPSA) is 12.0 Å². The Hall–Kier alpha value is -0.300. The third kappa shape index (κ3) is 3.83. The van der Waals surface area contributed by atoms with Crippen LogP contribution in [0.1, 0.15) is 51.9 Å². The molecule has 0 aliphatic heterocycles. The molecule has 1 aliphatic rings. The van der Waals surface area contributed by atoms with Crippen molar-refractivity contribution in [3.63, 3.8) is 0 Å². The molecule has 14 heavy (non-hydrogen) atoms. The highest BCUT2D eigenvalue weighted by atomic mass is 14.9. The van der Waals surface area contributed by atoms with Crippen molar-refractivity contribution < 1.29 is 0 Å². The highest BCUT2D eigenvalue weighted by Crippen LogP contribution is 2.29. The monoisotopic (exact) mass is 195 g/mol. The van der Waals surface area contributed by atoms with E-state index in [0.29, 0.717) is 0 Å². The summed E-state index contributed by atoms with van der Waals surface area (Å²) in [5, 5.41) is 3.65. The molecule has 0 radical (unpaired) electrons. The summed E-state index contributed by atoms with van der Waals surface area (Å²) >= 11 is 0. The molecule has 0 aromatic heterocycles. The van der Waals surface area contributed by atoms with Gasteiger partial charge >= 0.3 is 0 Å². The second-order valence-electron chi connectivity index (χ2n) is 4.43. The minimum Gasteiger partial charge on any atom is -0.314 e. The fourth-order valence-corrected chi connectivity index (χ4v) is 2.61. The van der Waals surface area contributed by atoms with E-state index in [4.69, 9.17) is 0 Å². The van der Waals surface area contributed by atoms with Gasteiger partial charge in [-0.05, 0) is 44.6 Å². The maximum absolute atomic E-state index is 3.78. The molecular formula is C13H25N. The van der Waals surface area contributed by atoms with Crippen LogP contribution < -0.4 is 5.32 Å². The molecule has 1 nitrogen and oxygen atoms in total. The fraction of sp³-hybridized carbons (Fsp3) is 0.846. The van der Waals surface area contributed by atoms with E-state index in [1.165, 1.54) is 44.9 Å². The zero-order valence-corrected chi connectivity index (χ0v) is 9.60. The summed E-state index contributed by atoms with van der Waals surface area (Å²) in [5.41, 5.74) is 0. The predicted octanol–water partition coefficient (Wildman–Crippen LogP) is 3.51. The highest BCUT2D eigenvalue weighted by molar-refractivity contribution is 4.81. The fourth-order valence-electron chi connectivity index (χ4n) is 2.61. The van der Waals surface area contributed by atoms with Gasteiger partial charge in [-0.25, -0.2) is 0 Å². The molecule has 1 fully saturated rings. The molecule has 0 spiro atoms. The van der Waals surface area contributed by atoms with Crippen molar-refractivity contribution in [3.8, 4) is 0 Å². The smallest absolute Gasteiger partial charge is 0.00953 e. The lowest BCUT2D eigenvalue weighted by molar-refractivity contribution is 0.340. The van der Waals surface area contributed by atoms with Crippen molar-refractivity contribution in [2.24, 2.45) is 5.92 Å². The number of hydrogen-bond acceptors (Lipinski definition) is 1. The summed E-state index contributed by atoms with van der Waals surface area (Å²) in [6.07, 6.45) is 11.7. The third-order valence-corrected chi connectivity index (χ3v) is 3.36. The molecule has 0 bridgehead atoms. The van der Waals surface area contributed by atoms with E-state index >= 15 is 0 Å². The number of allylic oxidation sites excluding steroid dienone is 1. The van der Waals surface area contributed by atoms with E-state index in [-0.39, 0.29) is 0 Å². The van der Waals surface area contributed by atoms with Crippen LogP contribution in [0.4, 0.5) is 0 Å². The van der Waals surface area contributed by atoms with E-state index in [1.54, 1.807) is 0 Å². The normalized spacial score (nSPS) is 19.8. The number of unbranched alkanes of at least 4 members (excludes halogenated alkanes) is 1. The highest BCUT2D eigenvalue weighted by Gasteiger charge is 2.23. The Balaban J connectivity index is 2.25. The molecule has 1 atom stereocenters. The van der Waals surface area contributed by atoms with Gasteiger partial charge in [0.1, 0.15) is 0 Å². The lowest BCUT2D eigenvalue weighted by Gasteiger charge is -2.24. The van der Waals surface area contributed by atoms with Gasteiger partial charge in [0.2, 0.25) is 0 Å². The summed E-state index contributed by atoms with van der Waals surface area (Å²) in [5.74, 6) is 0.958. The maximum Gasteiger partial charge on any atom is 0.00953 e. The zero-order valence-electron chi connectivity index (χ0n) is 9.60. The average Bonchev–Trinajstić information content (AvgIpc) is 2.70. The minimum atomic E-state index is 0.780. The molecule has 0 aromatic carbocycles. The van der Waals surface area contributed by atoms with Gasteiger partial charge in [-0.2, -0.15) is 0 Å². The van der Waals surface area contributed by atoms with Gasteiger partial charge in [-0.1, -0.05) is 25.8 Å². The predicted molar refractivity (Wildman–Crippen MR) is 63.5 cm³/mol. The van der Waals surface area contributed by atoms with Crippen LogP contribution in [0.5, 0.6) is 0 Å². The summed E-state index contributed by atoms with van der Waals surface area (Å²) in [7, 11) is 0. The molecule has 1 rings (SSSR count). The molecule has 0 aromatic rings. The Labute approximate surface area is 89.0 Å². The van der Waals surface area contributed by atoms with Crippen LogP contribution in [0.3, 0.4) is 0 Å². The van der Waals surface area contributed by atoms with Gasteiger partial charge in [0, 0.05) is 6.04 Å². The van der Waals surface area contributed by atoms with Crippen LogP contribution in [-0.2, 0) is 0 Å². The number of rotatable bonds is 7. The average molecular weight is 195 g/mol. The molecule has 0 amide bonds. The SMILES string of the molecule is C=CCCCC(NCC)C1CCCC1. The van der Waals surface area contributed by atoms with E-state index < -0.39 is 0 Å². The van der Waals surface area contributed by atoms with Crippen LogP contribution in [-0.4, -0.2) is 12.6 Å². The Morgan fingerprint density at radius 2 is 2.14 bits per heavy atom. The van der Waals surface area contributed by atoms with Crippen molar-refractivity contribution in [1.82, 2.24) is 5.32 Å². The van der Waals surface area contributed by atoms with E-state index in [1.807, 2.05) is 6.08 Å². The first-order valence-corrected chi connectivity index (χ1v) is 6.22. The molecular weight excluding hydrogens is 170 g/mol. The molecule has 1 heteroatoms. The van der Waals surface area contributed by atoms with Crippen molar-refractivity contribution in [2.75, 3.05) is 6.54 Å². The molecule has 1 unspecified atom stereocenters. The van der Waals surface area contributed by atoms with Crippen LogP contribution in [0.2, 0.25) is 0 Å². The van der Waals surface area contributed by atoms with Gasteiger partial charge < -0.3 is 5.32 Å². The lowest BCUT2D eigenvalue weighted by Crippen LogP contribution is -2.34. The maximum atomic E-state index is 3.78. The Kier molecular flexibility index (Phi) is 5.93. The van der Waals surface area contributed by atoms with Crippen LogP contribution in [0, 0.1) is 5.92 Å². The first-order valence-electron chi connectivity index (χ1n) is 6.22. The first-order chi connectivity index (χ1) is 6.88. The first kappa shape index (κ1) is 11.8. The molecule has 82 valence electrons. The summed E-state index contributed by atoms with van der Waals surface area (Å²) < 4.78 is 0. The standard InChI is InChI=1S/C13H25N/c1-3-5-6-11-13(14-4-2)12-9-7-8-10-12/h3,12-14H,1,4-11H2,2H3. The minimum absolute atomic E-state index is 0.780. The second kappa shape index (κ2) is 7.05. The van der Waals surface area contributed by atoms with E-state index in [2.05, 4.69) is 18.8 Å². The Bertz CT molecular complexity index is 147. The number of nitrogens with one attached hydrogen (secondary N) is 1. The van der Waals surface area contributed by atoms with Crippen LogP contribution in [0.15, 0.2) is 12.7 Å². The summed E-state index contributed by atoms with van der Waals surface area (Å²) in [6.45, 7) is 7.12. The van der Waals surface area contributed by atoms with E-state index in [0.717, 1.165) is 18.5 Å². The largest absolute Gasteiger partial charge is 0.314 e. The van der Waals surface area contributed by atoms with Crippen molar-refractivity contribution in [3.05, 3.63) is 12.7 Å². The zero-order chi connectivity index (χ0) is 10.2. The number of hydrogen-bond donors (Lipinski definition) is 1. The van der Waals surface area contributed by atoms with E-state index in [9.17, 15) is 0 Å². The quantitative estimate of drug-likeness (QED) is 0.484.